The number of carbonyl (C=O) groups excluding carboxylic acids is 2. The third-order valence-electron chi connectivity index (χ3n) is 3.47. The quantitative estimate of drug-likeness (QED) is 0.257. The van der Waals surface area contributed by atoms with E-state index >= 15 is 0 Å². The van der Waals surface area contributed by atoms with Crippen molar-refractivity contribution in [2.24, 2.45) is 5.92 Å². The highest BCUT2D eigenvalue weighted by molar-refractivity contribution is 6.62. The van der Waals surface area contributed by atoms with Crippen LogP contribution in [0.15, 0.2) is 0 Å². The first kappa shape index (κ1) is 14.5. The lowest BCUT2D eigenvalue weighted by atomic mass is 9.83. The van der Waals surface area contributed by atoms with Crippen LogP contribution < -0.4 is 0 Å². The van der Waals surface area contributed by atoms with Crippen LogP contribution in [0.2, 0.25) is 0 Å². The molecule has 1 N–H and O–H groups in total. The van der Waals surface area contributed by atoms with Gasteiger partial charge in [-0.3, -0.25) is 4.79 Å². The predicted molar refractivity (Wildman–Crippen MR) is 62.8 cm³/mol. The van der Waals surface area contributed by atoms with E-state index in [0.29, 0.717) is 12.8 Å². The van der Waals surface area contributed by atoms with Gasteiger partial charge >= 0.3 is 11.7 Å². The van der Waals surface area contributed by atoms with Crippen molar-refractivity contribution in [1.82, 2.24) is 0 Å². The Morgan fingerprint density at radius 2 is 2.00 bits per heavy atom. The van der Waals surface area contributed by atoms with E-state index in [0.717, 1.165) is 12.8 Å². The van der Waals surface area contributed by atoms with Crippen molar-refractivity contribution in [3.05, 3.63) is 5.53 Å². The SMILES string of the molecule is CCOC(=O)C(=[N+]=[N-])C(=O)C(C)C1(O)CCCC1. The summed E-state index contributed by atoms with van der Waals surface area (Å²) in [5, 5.41) is 10.3. The second kappa shape index (κ2) is 5.89. The normalized spacial score (nSPS) is 18.8. The number of nitrogens with zero attached hydrogens (tertiary/aromatic N) is 2. The smallest absolute Gasteiger partial charge is 0.441 e. The zero-order chi connectivity index (χ0) is 13.8. The molecule has 100 valence electrons. The molecule has 0 amide bonds. The van der Waals surface area contributed by atoms with E-state index in [1.807, 2.05) is 0 Å². The van der Waals surface area contributed by atoms with Gasteiger partial charge in [0.05, 0.1) is 18.1 Å². The van der Waals surface area contributed by atoms with Crippen LogP contribution in [0.25, 0.3) is 5.53 Å². The van der Waals surface area contributed by atoms with Crippen LogP contribution in [0.3, 0.4) is 0 Å². The zero-order valence-corrected chi connectivity index (χ0v) is 10.7. The maximum absolute atomic E-state index is 12.0. The van der Waals surface area contributed by atoms with Crippen LogP contribution in [0.4, 0.5) is 0 Å². The molecule has 0 radical (unpaired) electrons. The minimum atomic E-state index is -1.11. The van der Waals surface area contributed by atoms with E-state index in [1.54, 1.807) is 6.92 Å². The number of rotatable bonds is 5. The molecule has 6 heteroatoms. The summed E-state index contributed by atoms with van der Waals surface area (Å²) in [6.07, 6.45) is 2.72. The Hall–Kier alpha value is -1.52. The number of hydrogen-bond donors (Lipinski definition) is 1. The van der Waals surface area contributed by atoms with Gasteiger partial charge in [-0.1, -0.05) is 19.8 Å². The van der Waals surface area contributed by atoms with Gasteiger partial charge in [0.2, 0.25) is 0 Å². The minimum Gasteiger partial charge on any atom is -0.457 e. The lowest BCUT2D eigenvalue weighted by molar-refractivity contribution is -0.143. The highest BCUT2D eigenvalue weighted by Gasteiger charge is 2.46. The molecule has 1 fully saturated rings. The fourth-order valence-electron chi connectivity index (χ4n) is 2.26. The molecule has 0 aromatic rings. The Balaban J connectivity index is 2.85. The van der Waals surface area contributed by atoms with E-state index in [2.05, 4.69) is 9.53 Å². The van der Waals surface area contributed by atoms with Crippen molar-refractivity contribution in [2.45, 2.75) is 45.1 Å². The van der Waals surface area contributed by atoms with Crippen molar-refractivity contribution < 1.29 is 24.2 Å². The Morgan fingerprint density at radius 1 is 1.44 bits per heavy atom. The molecule has 0 saturated heterocycles. The van der Waals surface area contributed by atoms with E-state index in [4.69, 9.17) is 5.53 Å². The van der Waals surface area contributed by atoms with Crippen LogP contribution in [0.1, 0.15) is 39.5 Å². The summed E-state index contributed by atoms with van der Waals surface area (Å²) in [6.45, 7) is 3.22. The predicted octanol–water partition coefficient (Wildman–Crippen LogP) is 0.731. The van der Waals surface area contributed by atoms with Gasteiger partial charge in [0, 0.05) is 0 Å². The molecule has 1 aliphatic rings. The van der Waals surface area contributed by atoms with Crippen LogP contribution >= 0.6 is 0 Å². The first-order valence-corrected chi connectivity index (χ1v) is 6.12. The molecular weight excluding hydrogens is 236 g/mol. The van der Waals surface area contributed by atoms with Crippen molar-refractivity contribution in [2.75, 3.05) is 6.61 Å². The number of carbonyl (C=O) groups is 2. The molecule has 1 rings (SSSR count). The Labute approximate surface area is 106 Å². The molecule has 6 nitrogen and oxygen atoms in total. The van der Waals surface area contributed by atoms with Crippen LogP contribution in [0.5, 0.6) is 0 Å². The lowest BCUT2D eigenvalue weighted by Gasteiger charge is -2.27. The van der Waals surface area contributed by atoms with E-state index < -0.39 is 29.0 Å². The maximum Gasteiger partial charge on any atom is 0.441 e. The molecule has 0 aromatic carbocycles. The summed E-state index contributed by atoms with van der Waals surface area (Å²) in [5.41, 5.74) is 6.99. The molecule has 0 spiro atoms. The van der Waals surface area contributed by atoms with Crippen LogP contribution in [0, 0.1) is 5.92 Å². The summed E-state index contributed by atoms with van der Waals surface area (Å²) in [5.74, 6) is -2.42. The second-order valence-electron chi connectivity index (χ2n) is 4.57. The van der Waals surface area contributed by atoms with Gasteiger partial charge in [0.1, 0.15) is 0 Å². The van der Waals surface area contributed by atoms with Gasteiger partial charge < -0.3 is 15.4 Å². The minimum absolute atomic E-state index is 0.0871. The molecule has 1 atom stereocenters. The van der Waals surface area contributed by atoms with Crippen LogP contribution in [-0.4, -0.2) is 39.6 Å². The van der Waals surface area contributed by atoms with Gasteiger partial charge in [-0.2, -0.15) is 4.79 Å². The van der Waals surface area contributed by atoms with E-state index in [-0.39, 0.29) is 6.61 Å². The van der Waals surface area contributed by atoms with Crippen molar-refractivity contribution >= 4 is 17.5 Å². The number of aliphatic hydroxyl groups is 1. The third kappa shape index (κ3) is 2.83. The lowest BCUT2D eigenvalue weighted by Crippen LogP contribution is -2.43. The number of Topliss-reactive ketones (excluding diaryl/α,β-unsaturated/α-hetero) is 1. The first-order valence-electron chi connectivity index (χ1n) is 6.12. The summed E-state index contributed by atoms with van der Waals surface area (Å²) in [4.78, 5) is 26.2. The number of hydrogen-bond acceptors (Lipinski definition) is 4. The molecule has 0 aliphatic heterocycles. The summed E-state index contributed by atoms with van der Waals surface area (Å²) in [6, 6.07) is 0. The van der Waals surface area contributed by atoms with Gasteiger partial charge in [0.25, 0.3) is 5.78 Å². The zero-order valence-electron chi connectivity index (χ0n) is 10.7. The molecule has 0 heterocycles. The number of ether oxygens (including phenoxy) is 1. The molecule has 1 aliphatic carbocycles. The number of esters is 1. The molecule has 1 unspecified atom stereocenters. The standard InChI is InChI=1S/C12H18N2O4/c1-3-18-11(16)9(14-13)10(15)8(2)12(17)6-4-5-7-12/h8,17H,3-7H2,1-2H3. The molecule has 1 saturated carbocycles. The highest BCUT2D eigenvalue weighted by Crippen LogP contribution is 2.36. The van der Waals surface area contributed by atoms with Gasteiger partial charge in [-0.15, -0.1) is 0 Å². The van der Waals surface area contributed by atoms with Crippen molar-refractivity contribution in [3.63, 3.8) is 0 Å². The Kier molecular flexibility index (Phi) is 4.76. The molecular formula is C12H18N2O4. The average molecular weight is 254 g/mol. The summed E-state index contributed by atoms with van der Waals surface area (Å²) < 4.78 is 4.63. The Morgan fingerprint density at radius 3 is 2.44 bits per heavy atom. The topological polar surface area (TPSA) is 100 Å². The van der Waals surface area contributed by atoms with Gasteiger partial charge in [-0.05, 0) is 19.8 Å². The summed E-state index contributed by atoms with van der Waals surface area (Å²) in [7, 11) is 0. The molecule has 0 bridgehead atoms. The average Bonchev–Trinajstić information content (AvgIpc) is 2.77. The van der Waals surface area contributed by atoms with Crippen molar-refractivity contribution in [3.8, 4) is 0 Å². The van der Waals surface area contributed by atoms with Gasteiger partial charge in [0.15, 0.2) is 0 Å². The molecule has 18 heavy (non-hydrogen) atoms. The highest BCUT2D eigenvalue weighted by atomic mass is 16.5. The van der Waals surface area contributed by atoms with E-state index in [1.165, 1.54) is 6.92 Å². The third-order valence-corrected chi connectivity index (χ3v) is 3.47. The second-order valence-corrected chi connectivity index (χ2v) is 4.57. The van der Waals surface area contributed by atoms with Gasteiger partial charge in [-0.25, -0.2) is 4.79 Å². The Bertz CT molecular complexity index is 393. The van der Waals surface area contributed by atoms with Crippen LogP contribution in [-0.2, 0) is 14.3 Å². The first-order chi connectivity index (χ1) is 8.46. The largest absolute Gasteiger partial charge is 0.457 e. The van der Waals surface area contributed by atoms with Crippen molar-refractivity contribution in [1.29, 1.82) is 0 Å². The number of ketones is 1. The maximum atomic E-state index is 12.0. The fourth-order valence-corrected chi connectivity index (χ4v) is 2.26. The van der Waals surface area contributed by atoms with E-state index in [9.17, 15) is 14.7 Å². The molecule has 0 aromatic heterocycles. The fraction of sp³-hybridized carbons (Fsp3) is 0.750. The monoisotopic (exact) mass is 254 g/mol. The summed E-state index contributed by atoms with van der Waals surface area (Å²) >= 11 is 0.